The monoisotopic (exact) mass is 268 g/mol. The molecule has 0 spiro atoms. The average Bonchev–Trinajstić information content (AvgIpc) is 2.13. The van der Waals surface area contributed by atoms with Crippen molar-refractivity contribution in [3.8, 4) is 0 Å². The minimum Gasteiger partial charge on any atom is -0.362 e. The highest BCUT2D eigenvalue weighted by atomic mass is 127. The van der Waals surface area contributed by atoms with E-state index in [1.54, 1.807) is 0 Å². The van der Waals surface area contributed by atoms with E-state index in [9.17, 15) is 0 Å². The standard InChI is InChI=1S/C8H16N2.HI/c1-8(2)6-10-5-4-9(3)7-10;/h4-5,8H,6-7H2,1-3H3;1H. The molecule has 2 nitrogen and oxygen atoms in total. The van der Waals surface area contributed by atoms with E-state index in [2.05, 4.69) is 43.1 Å². The Labute approximate surface area is 86.3 Å². The third-order valence-corrected chi connectivity index (χ3v) is 1.54. The third-order valence-electron chi connectivity index (χ3n) is 1.54. The maximum Gasteiger partial charge on any atom is 0.0890 e. The molecule has 0 aliphatic carbocycles. The van der Waals surface area contributed by atoms with Gasteiger partial charge < -0.3 is 9.80 Å². The molecule has 0 aromatic heterocycles. The summed E-state index contributed by atoms with van der Waals surface area (Å²) in [6.07, 6.45) is 4.27. The minimum atomic E-state index is 0. The predicted molar refractivity (Wildman–Crippen MR) is 58.7 cm³/mol. The summed E-state index contributed by atoms with van der Waals surface area (Å²) in [7, 11) is 2.09. The number of hydrogen-bond donors (Lipinski definition) is 0. The zero-order chi connectivity index (χ0) is 7.56. The van der Waals surface area contributed by atoms with E-state index in [1.165, 1.54) is 6.54 Å². The Kier molecular flexibility index (Phi) is 4.88. The second-order valence-electron chi connectivity index (χ2n) is 3.36. The molecule has 0 saturated heterocycles. The maximum absolute atomic E-state index is 2.32. The molecule has 1 aliphatic rings. The van der Waals surface area contributed by atoms with Gasteiger partial charge in [0.05, 0.1) is 6.67 Å². The Hall–Kier alpha value is 0.0700. The van der Waals surface area contributed by atoms with Crippen molar-refractivity contribution in [3.05, 3.63) is 12.4 Å². The quantitative estimate of drug-likeness (QED) is 0.706. The summed E-state index contributed by atoms with van der Waals surface area (Å²) in [6, 6.07) is 0. The van der Waals surface area contributed by atoms with Gasteiger partial charge in [0.25, 0.3) is 0 Å². The highest BCUT2D eigenvalue weighted by Crippen LogP contribution is 2.06. The molecule has 11 heavy (non-hydrogen) atoms. The smallest absolute Gasteiger partial charge is 0.0890 e. The topological polar surface area (TPSA) is 6.48 Å². The third kappa shape index (κ3) is 3.84. The van der Waals surface area contributed by atoms with Crippen LogP contribution < -0.4 is 0 Å². The Balaban J connectivity index is 0.000001000. The van der Waals surface area contributed by atoms with Crippen molar-refractivity contribution in [3.63, 3.8) is 0 Å². The first kappa shape index (κ1) is 11.1. The van der Waals surface area contributed by atoms with Gasteiger partial charge in [-0.1, -0.05) is 13.8 Å². The van der Waals surface area contributed by atoms with Crippen molar-refractivity contribution in [2.24, 2.45) is 5.92 Å². The molecule has 0 aromatic carbocycles. The lowest BCUT2D eigenvalue weighted by atomic mass is 10.2. The number of nitrogens with zero attached hydrogens (tertiary/aromatic N) is 2. The van der Waals surface area contributed by atoms with Crippen LogP contribution in [0.3, 0.4) is 0 Å². The van der Waals surface area contributed by atoms with Crippen molar-refractivity contribution >= 4 is 24.0 Å². The van der Waals surface area contributed by atoms with Gasteiger partial charge in [0.2, 0.25) is 0 Å². The predicted octanol–water partition coefficient (Wildman–Crippen LogP) is 1.94. The first-order valence-corrected chi connectivity index (χ1v) is 3.81. The Morgan fingerprint density at radius 2 is 2.00 bits per heavy atom. The van der Waals surface area contributed by atoms with Crippen molar-refractivity contribution in [2.75, 3.05) is 20.3 Å². The van der Waals surface area contributed by atoms with E-state index in [4.69, 9.17) is 0 Å². The fourth-order valence-electron chi connectivity index (χ4n) is 1.18. The van der Waals surface area contributed by atoms with E-state index in [0.717, 1.165) is 12.6 Å². The van der Waals surface area contributed by atoms with Crippen LogP contribution in [0.25, 0.3) is 0 Å². The van der Waals surface area contributed by atoms with Gasteiger partial charge in [-0.3, -0.25) is 0 Å². The zero-order valence-electron chi connectivity index (χ0n) is 7.45. The van der Waals surface area contributed by atoms with Crippen LogP contribution in [0.15, 0.2) is 12.4 Å². The number of halogens is 1. The molecular weight excluding hydrogens is 251 g/mol. The molecule has 0 radical (unpaired) electrons. The van der Waals surface area contributed by atoms with Gasteiger partial charge in [-0.05, 0) is 5.92 Å². The highest BCUT2D eigenvalue weighted by Gasteiger charge is 2.08. The fourth-order valence-corrected chi connectivity index (χ4v) is 1.18. The number of rotatable bonds is 2. The van der Waals surface area contributed by atoms with Gasteiger partial charge in [0.1, 0.15) is 0 Å². The summed E-state index contributed by atoms with van der Waals surface area (Å²) in [4.78, 5) is 4.51. The molecular formula is C8H17IN2. The van der Waals surface area contributed by atoms with E-state index >= 15 is 0 Å². The molecule has 0 amide bonds. The molecule has 1 heterocycles. The zero-order valence-corrected chi connectivity index (χ0v) is 9.78. The molecule has 0 bridgehead atoms. The van der Waals surface area contributed by atoms with Crippen LogP contribution >= 0.6 is 24.0 Å². The fraction of sp³-hybridized carbons (Fsp3) is 0.750. The maximum atomic E-state index is 2.32. The normalized spacial score (nSPS) is 16.0. The lowest BCUT2D eigenvalue weighted by molar-refractivity contribution is 0.271. The van der Waals surface area contributed by atoms with E-state index in [-0.39, 0.29) is 24.0 Å². The van der Waals surface area contributed by atoms with Crippen molar-refractivity contribution in [2.45, 2.75) is 13.8 Å². The summed E-state index contributed by atoms with van der Waals surface area (Å²) in [6.45, 7) is 6.71. The van der Waals surface area contributed by atoms with Gasteiger partial charge in [-0.2, -0.15) is 0 Å². The van der Waals surface area contributed by atoms with Crippen LogP contribution in [0.2, 0.25) is 0 Å². The van der Waals surface area contributed by atoms with Crippen LogP contribution in [0.5, 0.6) is 0 Å². The Morgan fingerprint density at radius 1 is 1.36 bits per heavy atom. The van der Waals surface area contributed by atoms with Crippen LogP contribution in [0.4, 0.5) is 0 Å². The molecule has 1 aliphatic heterocycles. The van der Waals surface area contributed by atoms with E-state index in [0.29, 0.717) is 0 Å². The minimum absolute atomic E-state index is 0. The van der Waals surface area contributed by atoms with Crippen LogP contribution in [0.1, 0.15) is 13.8 Å². The number of hydrogen-bond acceptors (Lipinski definition) is 2. The SMILES string of the molecule is CC(C)CN1C=CN(C)C1.I. The summed E-state index contributed by atoms with van der Waals surface area (Å²) >= 11 is 0. The molecule has 0 unspecified atom stereocenters. The molecule has 1 rings (SSSR count). The van der Waals surface area contributed by atoms with Gasteiger partial charge in [0, 0.05) is 26.0 Å². The van der Waals surface area contributed by atoms with Crippen molar-refractivity contribution < 1.29 is 0 Å². The Bertz CT molecular complexity index is 134. The van der Waals surface area contributed by atoms with Crippen molar-refractivity contribution in [1.29, 1.82) is 0 Å². The molecule has 0 atom stereocenters. The van der Waals surface area contributed by atoms with Crippen LogP contribution in [0, 0.1) is 5.92 Å². The molecule has 66 valence electrons. The lowest BCUT2D eigenvalue weighted by Gasteiger charge is -2.19. The first-order chi connectivity index (χ1) is 4.68. The lowest BCUT2D eigenvalue weighted by Crippen LogP contribution is -2.25. The van der Waals surface area contributed by atoms with Gasteiger partial charge >= 0.3 is 0 Å². The molecule has 0 N–H and O–H groups in total. The average molecular weight is 268 g/mol. The van der Waals surface area contributed by atoms with Gasteiger partial charge in [0.15, 0.2) is 0 Å². The van der Waals surface area contributed by atoms with E-state index in [1.807, 2.05) is 0 Å². The molecule has 0 aromatic rings. The summed E-state index contributed by atoms with van der Waals surface area (Å²) in [5, 5.41) is 0. The summed E-state index contributed by atoms with van der Waals surface area (Å²) in [5.41, 5.74) is 0. The van der Waals surface area contributed by atoms with Crippen LogP contribution in [-0.4, -0.2) is 30.1 Å². The second-order valence-corrected chi connectivity index (χ2v) is 3.36. The van der Waals surface area contributed by atoms with Crippen molar-refractivity contribution in [1.82, 2.24) is 9.80 Å². The van der Waals surface area contributed by atoms with Gasteiger partial charge in [-0.25, -0.2) is 0 Å². The summed E-state index contributed by atoms with van der Waals surface area (Å²) in [5.74, 6) is 0.760. The highest BCUT2D eigenvalue weighted by molar-refractivity contribution is 14.0. The molecule has 0 saturated carbocycles. The molecule has 3 heteroatoms. The molecule has 0 fully saturated rings. The van der Waals surface area contributed by atoms with Crippen LogP contribution in [-0.2, 0) is 0 Å². The first-order valence-electron chi connectivity index (χ1n) is 3.81. The van der Waals surface area contributed by atoms with E-state index < -0.39 is 0 Å². The summed E-state index contributed by atoms with van der Waals surface area (Å²) < 4.78 is 0. The van der Waals surface area contributed by atoms with Gasteiger partial charge in [-0.15, -0.1) is 24.0 Å². The Morgan fingerprint density at radius 3 is 2.36 bits per heavy atom. The second kappa shape index (κ2) is 4.85. The largest absolute Gasteiger partial charge is 0.362 e.